The number of ketones is 1. The summed E-state index contributed by atoms with van der Waals surface area (Å²) in [4.78, 5) is 86.4. The zero-order valence-electron chi connectivity index (χ0n) is 36.3. The number of alkyl carbamates (subject to hydrolysis) is 1. The van der Waals surface area contributed by atoms with Crippen molar-refractivity contribution in [2.24, 2.45) is 27.8 Å². The molecule has 1 aliphatic heterocycles. The molecule has 3 saturated carbocycles. The van der Waals surface area contributed by atoms with E-state index in [4.69, 9.17) is 34.0 Å². The Morgan fingerprint density at radius 1 is 0.984 bits per heavy atom. The summed E-state index contributed by atoms with van der Waals surface area (Å²) in [6, 6.07) is 12.5. The molecule has 0 radical (unpaired) electrons. The molecule has 336 valence electrons. The molecule has 63 heavy (non-hydrogen) atoms. The van der Waals surface area contributed by atoms with Crippen LogP contribution in [0.4, 0.5) is 10.5 Å². The lowest BCUT2D eigenvalue weighted by atomic mass is 9.48. The molecule has 11 atom stereocenters. The Bertz CT molecular complexity index is 2320. The molecule has 2 aromatic carbocycles. The van der Waals surface area contributed by atoms with Crippen molar-refractivity contribution < 1.29 is 67.4 Å². The summed E-state index contributed by atoms with van der Waals surface area (Å²) in [5.41, 5.74) is -0.0344. The van der Waals surface area contributed by atoms with Crippen LogP contribution in [0.15, 0.2) is 70.9 Å². The number of amides is 1. The average molecular weight is 874 g/mol. The number of esters is 4. The maximum atomic E-state index is 15.5. The van der Waals surface area contributed by atoms with Gasteiger partial charge in [0.15, 0.2) is 34.4 Å². The highest BCUT2D eigenvalue weighted by Gasteiger charge is 2.84. The normalized spacial score (nSPS) is 32.1. The van der Waals surface area contributed by atoms with Gasteiger partial charge in [0, 0.05) is 31.1 Å². The number of Topliss-reactive ketones (excluding diaryl/α,β-unsaturated/α-hetero) is 1. The Morgan fingerprint density at radius 3 is 2.29 bits per heavy atom. The summed E-state index contributed by atoms with van der Waals surface area (Å²) in [7, 11) is 0. The topological polar surface area (TPSA) is 261 Å². The van der Waals surface area contributed by atoms with Crippen molar-refractivity contribution in [2.75, 3.05) is 6.61 Å². The smallest absolute Gasteiger partial charge is 0.408 e. The van der Waals surface area contributed by atoms with Crippen molar-refractivity contribution in [3.63, 3.8) is 0 Å². The van der Waals surface area contributed by atoms with Crippen molar-refractivity contribution >= 4 is 41.4 Å². The van der Waals surface area contributed by atoms with E-state index >= 15 is 4.79 Å². The van der Waals surface area contributed by atoms with E-state index in [1.165, 1.54) is 31.2 Å². The van der Waals surface area contributed by atoms with Crippen LogP contribution in [0.25, 0.3) is 0 Å². The molecule has 1 saturated heterocycles. The minimum absolute atomic E-state index is 0.0501. The van der Waals surface area contributed by atoms with Gasteiger partial charge in [0.2, 0.25) is 4.91 Å². The summed E-state index contributed by atoms with van der Waals surface area (Å²) in [5.74, 6) is -6.05. The van der Waals surface area contributed by atoms with Gasteiger partial charge in [-0.15, -0.1) is 0 Å². The third-order valence-electron chi connectivity index (χ3n) is 13.4. The van der Waals surface area contributed by atoms with Gasteiger partial charge >= 0.3 is 30.0 Å². The van der Waals surface area contributed by atoms with E-state index in [2.05, 4.69) is 15.3 Å². The monoisotopic (exact) mass is 873 g/mol. The second-order valence-corrected chi connectivity index (χ2v) is 18.7. The highest BCUT2D eigenvalue weighted by atomic mass is 16.6. The lowest BCUT2D eigenvalue weighted by Crippen LogP contribution is -2.78. The molecule has 18 nitrogen and oxygen atoms in total. The molecular weight excluding hydrogens is 821 g/mol. The lowest BCUT2D eigenvalue weighted by molar-refractivity contribution is -0.323. The van der Waals surface area contributed by atoms with E-state index in [-0.39, 0.29) is 41.8 Å². The van der Waals surface area contributed by atoms with E-state index in [1.807, 2.05) is 0 Å². The number of aliphatic hydroxyl groups excluding tert-OH is 1. The van der Waals surface area contributed by atoms with Crippen LogP contribution < -0.4 is 10.2 Å². The van der Waals surface area contributed by atoms with Crippen LogP contribution in [-0.4, -0.2) is 99.9 Å². The van der Waals surface area contributed by atoms with Crippen LogP contribution in [0, 0.1) is 28.2 Å². The van der Waals surface area contributed by atoms with Crippen LogP contribution >= 0.6 is 0 Å². The van der Waals surface area contributed by atoms with E-state index in [1.54, 1.807) is 71.9 Å². The van der Waals surface area contributed by atoms with Crippen molar-refractivity contribution in [2.45, 2.75) is 128 Å². The standard InChI is InChI=1S/C45H52N4O14/c1-22-29(60-39(55)33(52)32(25-13-10-9-11-14-25)47-40(56)63-41(4,5)6)20-45(57)37(61-38(54)26-15-12-16-28(17-26)48-49-46)35-43(36(53)34(59-23(2)50)31(22)42(45,7)8)19-27(43)18-30-44(35,21-58-30)62-24(3)51/h9-17,27,29-30,32-35,37,46,52,57H,18-21H2,1-8H3/p+1/t27-,29+,30-,32+,33-,34-,35+,37+,43-,44+,45-/m1/s1. The van der Waals surface area contributed by atoms with Gasteiger partial charge in [-0.1, -0.05) is 50.2 Å². The van der Waals surface area contributed by atoms with E-state index in [9.17, 15) is 34.2 Å². The summed E-state index contributed by atoms with van der Waals surface area (Å²) in [6.07, 6.45) is -8.62. The highest BCUT2D eigenvalue weighted by Crippen LogP contribution is 2.74. The first-order valence-corrected chi connectivity index (χ1v) is 20.8. The molecule has 2 aromatic rings. The first-order valence-electron chi connectivity index (χ1n) is 20.8. The van der Waals surface area contributed by atoms with Gasteiger partial charge in [-0.25, -0.2) is 14.4 Å². The largest absolute Gasteiger partial charge is 0.456 e. The molecule has 4 aliphatic carbocycles. The Morgan fingerprint density at radius 2 is 1.68 bits per heavy atom. The number of carbonyl (C=O) groups excluding carboxylic acids is 6. The second kappa shape index (κ2) is 16.1. The summed E-state index contributed by atoms with van der Waals surface area (Å²) >= 11 is 0. The Balaban J connectivity index is 1.38. The molecule has 5 aliphatic rings. The van der Waals surface area contributed by atoms with E-state index < -0.39 is 118 Å². The predicted octanol–water partition coefficient (Wildman–Crippen LogP) is 4.65. The van der Waals surface area contributed by atoms with Crippen LogP contribution in [0.3, 0.4) is 0 Å². The van der Waals surface area contributed by atoms with Gasteiger partial charge in [-0.2, -0.15) is 0 Å². The number of aliphatic hydroxyl groups is 2. The van der Waals surface area contributed by atoms with E-state index in [0.717, 1.165) is 6.92 Å². The number of fused-ring (bicyclic) bond motifs is 4. The summed E-state index contributed by atoms with van der Waals surface area (Å²) < 4.78 is 36.1. The Hall–Kier alpha value is -5.81. The fourth-order valence-corrected chi connectivity index (χ4v) is 10.6. The number of ether oxygens (including phenoxy) is 6. The SMILES string of the molecule is CC(=O)O[C@H]1C(=O)[C@]23C[C@H]2C[C@H]2OC[C@@]2(OC(C)=O)[C@H]3[C@H](OC(=O)c2cccc(N=[N+]=N)c2)[C@]2(O)C[C@H](OC(=O)[C@H](O)[C@@H](NC(=O)OC(C)(C)C)c3ccccc3)C(C)=C1C2(C)C. The molecular formula is C45H53N4O14+. The fraction of sp³-hybridized carbons (Fsp3) is 0.556. The number of rotatable bonds is 10. The van der Waals surface area contributed by atoms with Crippen LogP contribution in [0.5, 0.6) is 0 Å². The van der Waals surface area contributed by atoms with Gasteiger partial charge in [0.1, 0.15) is 35.0 Å². The Kier molecular flexibility index (Phi) is 11.5. The molecule has 0 aromatic heterocycles. The first kappa shape index (κ1) is 45.2. The molecule has 1 spiro atoms. The molecule has 4 fully saturated rings. The summed E-state index contributed by atoms with van der Waals surface area (Å²) in [6.45, 7) is 11.8. The third kappa shape index (κ3) is 7.72. The highest BCUT2D eigenvalue weighted by molar-refractivity contribution is 5.98. The molecule has 0 unspecified atom stereocenters. The molecule has 7 rings (SSSR count). The quantitative estimate of drug-likeness (QED) is 0.0833. The minimum Gasteiger partial charge on any atom is -0.456 e. The van der Waals surface area contributed by atoms with E-state index in [0.29, 0.717) is 5.56 Å². The zero-order valence-corrected chi connectivity index (χ0v) is 36.3. The first-order chi connectivity index (χ1) is 29.5. The minimum atomic E-state index is -2.33. The maximum Gasteiger partial charge on any atom is 0.408 e. The predicted molar refractivity (Wildman–Crippen MR) is 217 cm³/mol. The maximum absolute atomic E-state index is 15.5. The average Bonchev–Trinajstić information content (AvgIpc) is 3.93. The van der Waals surface area contributed by atoms with Gasteiger partial charge in [-0.3, -0.25) is 14.4 Å². The zero-order chi connectivity index (χ0) is 46.0. The van der Waals surface area contributed by atoms with Crippen molar-refractivity contribution in [1.29, 1.82) is 5.53 Å². The number of nitrogens with one attached hydrogen (secondary N) is 2. The number of hydrogen-bond donors (Lipinski definition) is 4. The number of hydrogen-bond acceptors (Lipinski definition) is 16. The lowest BCUT2D eigenvalue weighted by Gasteiger charge is -2.64. The molecule has 1 amide bonds. The van der Waals surface area contributed by atoms with Gasteiger partial charge < -0.3 is 44.0 Å². The van der Waals surface area contributed by atoms with Crippen LogP contribution in [0.1, 0.15) is 96.6 Å². The van der Waals surface area contributed by atoms with Crippen LogP contribution in [-0.2, 0) is 47.6 Å². The van der Waals surface area contributed by atoms with Gasteiger partial charge in [0.05, 0.1) is 24.1 Å². The molecule has 2 bridgehead atoms. The number of benzene rings is 2. The molecule has 4 N–H and O–H groups in total. The Labute approximate surface area is 363 Å². The number of nitrogens with zero attached hydrogens (tertiary/aromatic N) is 2. The molecule has 18 heteroatoms. The summed E-state index contributed by atoms with van der Waals surface area (Å²) in [5, 5.41) is 31.7. The number of carbonyl (C=O) groups is 6. The van der Waals surface area contributed by atoms with Gasteiger partial charge in [0.25, 0.3) is 0 Å². The molecule has 1 heterocycles. The van der Waals surface area contributed by atoms with Gasteiger partial charge in [-0.05, 0) is 81.4 Å². The van der Waals surface area contributed by atoms with Crippen LogP contribution in [0.2, 0.25) is 0 Å². The fourth-order valence-electron chi connectivity index (χ4n) is 10.6. The van der Waals surface area contributed by atoms with Crippen molar-refractivity contribution in [1.82, 2.24) is 10.2 Å². The van der Waals surface area contributed by atoms with Crippen molar-refractivity contribution in [3.05, 3.63) is 76.9 Å². The second-order valence-electron chi connectivity index (χ2n) is 18.7. The third-order valence-corrected chi connectivity index (χ3v) is 13.4. The van der Waals surface area contributed by atoms with Crippen molar-refractivity contribution in [3.8, 4) is 0 Å².